The van der Waals surface area contributed by atoms with Gasteiger partial charge in [0.05, 0.1) is 24.9 Å². The molecule has 2 amide bonds. The standard InChI is InChI=1S/C16H19N5O3/c22-15-8-12(10-21(15)11-13-2-1-7-24-13)16(23)20-6-5-19-14-9-17-3-4-18-14/h1-4,7,9,12H,5-6,8,10-11H2,(H,18,19)(H,20,23). The second-order valence-corrected chi connectivity index (χ2v) is 5.56. The Hall–Kier alpha value is -2.90. The van der Waals surface area contributed by atoms with Crippen molar-refractivity contribution in [2.75, 3.05) is 25.0 Å². The number of anilines is 1. The minimum Gasteiger partial charge on any atom is -0.467 e. The number of carbonyl (C=O) groups excluding carboxylic acids is 2. The molecule has 0 aliphatic carbocycles. The summed E-state index contributed by atoms with van der Waals surface area (Å²) in [5, 5.41) is 5.90. The molecular formula is C16H19N5O3. The van der Waals surface area contributed by atoms with Crippen molar-refractivity contribution in [3.05, 3.63) is 42.7 Å². The lowest BCUT2D eigenvalue weighted by Crippen LogP contribution is -2.35. The Morgan fingerprint density at radius 1 is 1.38 bits per heavy atom. The Balaban J connectivity index is 1.40. The predicted molar refractivity (Wildman–Crippen MR) is 85.8 cm³/mol. The first-order chi connectivity index (χ1) is 11.7. The number of hydrogen-bond donors (Lipinski definition) is 2. The van der Waals surface area contributed by atoms with Crippen LogP contribution in [0.25, 0.3) is 0 Å². The molecule has 0 saturated carbocycles. The maximum atomic E-state index is 12.2. The van der Waals surface area contributed by atoms with E-state index in [1.165, 1.54) is 0 Å². The third kappa shape index (κ3) is 4.09. The van der Waals surface area contributed by atoms with Crippen molar-refractivity contribution in [2.45, 2.75) is 13.0 Å². The maximum Gasteiger partial charge on any atom is 0.225 e. The summed E-state index contributed by atoms with van der Waals surface area (Å²) in [6.45, 7) is 1.83. The topological polar surface area (TPSA) is 100 Å². The van der Waals surface area contributed by atoms with Gasteiger partial charge in [0, 0.05) is 38.4 Å². The van der Waals surface area contributed by atoms with Gasteiger partial charge in [-0.2, -0.15) is 0 Å². The number of aromatic nitrogens is 2. The normalized spacial score (nSPS) is 17.1. The quantitative estimate of drug-likeness (QED) is 0.723. The highest BCUT2D eigenvalue weighted by Crippen LogP contribution is 2.20. The van der Waals surface area contributed by atoms with E-state index in [9.17, 15) is 9.59 Å². The van der Waals surface area contributed by atoms with Gasteiger partial charge in [-0.1, -0.05) is 0 Å². The van der Waals surface area contributed by atoms with E-state index in [1.807, 2.05) is 6.07 Å². The minimum absolute atomic E-state index is 0.0239. The number of carbonyl (C=O) groups is 2. The Morgan fingerprint density at radius 2 is 2.29 bits per heavy atom. The molecule has 0 spiro atoms. The van der Waals surface area contributed by atoms with Crippen LogP contribution in [0.5, 0.6) is 0 Å². The summed E-state index contributed by atoms with van der Waals surface area (Å²) in [6, 6.07) is 3.60. The number of nitrogens with zero attached hydrogens (tertiary/aromatic N) is 3. The van der Waals surface area contributed by atoms with Crippen LogP contribution in [0.2, 0.25) is 0 Å². The summed E-state index contributed by atoms with van der Waals surface area (Å²) in [4.78, 5) is 33.9. The number of amides is 2. The molecule has 1 atom stereocenters. The number of likely N-dealkylation sites (tertiary alicyclic amines) is 1. The molecule has 2 aromatic heterocycles. The second kappa shape index (κ2) is 7.58. The van der Waals surface area contributed by atoms with E-state index in [1.54, 1.807) is 35.8 Å². The summed E-state index contributed by atoms with van der Waals surface area (Å²) in [5.41, 5.74) is 0. The van der Waals surface area contributed by atoms with Crippen molar-refractivity contribution < 1.29 is 14.0 Å². The van der Waals surface area contributed by atoms with Gasteiger partial charge in [-0.15, -0.1) is 0 Å². The van der Waals surface area contributed by atoms with Crippen LogP contribution in [0.4, 0.5) is 5.82 Å². The van der Waals surface area contributed by atoms with Gasteiger partial charge < -0.3 is 20.0 Å². The summed E-state index contributed by atoms with van der Waals surface area (Å²) < 4.78 is 5.25. The average molecular weight is 329 g/mol. The largest absolute Gasteiger partial charge is 0.467 e. The molecule has 1 unspecified atom stereocenters. The molecule has 1 aliphatic rings. The molecular weight excluding hydrogens is 310 g/mol. The van der Waals surface area contributed by atoms with E-state index in [4.69, 9.17) is 4.42 Å². The van der Waals surface area contributed by atoms with E-state index >= 15 is 0 Å². The molecule has 2 N–H and O–H groups in total. The molecule has 8 heteroatoms. The third-order valence-corrected chi connectivity index (χ3v) is 3.81. The molecule has 1 fully saturated rings. The summed E-state index contributed by atoms with van der Waals surface area (Å²) in [5.74, 6) is 0.935. The fourth-order valence-electron chi connectivity index (χ4n) is 2.60. The van der Waals surface area contributed by atoms with Gasteiger partial charge in [0.2, 0.25) is 11.8 Å². The molecule has 0 radical (unpaired) electrons. The molecule has 3 rings (SSSR count). The van der Waals surface area contributed by atoms with Crippen molar-refractivity contribution >= 4 is 17.6 Å². The summed E-state index contributed by atoms with van der Waals surface area (Å²) in [6.07, 6.45) is 6.62. The van der Waals surface area contributed by atoms with E-state index in [0.29, 0.717) is 32.0 Å². The van der Waals surface area contributed by atoms with Gasteiger partial charge in [-0.05, 0) is 12.1 Å². The first-order valence-corrected chi connectivity index (χ1v) is 7.80. The van der Waals surface area contributed by atoms with E-state index < -0.39 is 0 Å². The monoisotopic (exact) mass is 329 g/mol. The molecule has 0 aromatic carbocycles. The highest BCUT2D eigenvalue weighted by molar-refractivity contribution is 5.89. The van der Waals surface area contributed by atoms with Crippen LogP contribution < -0.4 is 10.6 Å². The molecule has 2 aromatic rings. The second-order valence-electron chi connectivity index (χ2n) is 5.56. The lowest BCUT2D eigenvalue weighted by atomic mass is 10.1. The van der Waals surface area contributed by atoms with Crippen LogP contribution in [0.1, 0.15) is 12.2 Å². The molecule has 0 bridgehead atoms. The summed E-state index contributed by atoms with van der Waals surface area (Å²) >= 11 is 0. The van der Waals surface area contributed by atoms with Gasteiger partial charge in [-0.25, -0.2) is 4.98 Å². The number of rotatable bonds is 7. The zero-order chi connectivity index (χ0) is 16.8. The van der Waals surface area contributed by atoms with Crippen LogP contribution in [-0.4, -0.2) is 46.3 Å². The van der Waals surface area contributed by atoms with E-state index in [2.05, 4.69) is 20.6 Å². The summed E-state index contributed by atoms with van der Waals surface area (Å²) in [7, 11) is 0. The lowest BCUT2D eigenvalue weighted by Gasteiger charge is -2.15. The fraction of sp³-hybridized carbons (Fsp3) is 0.375. The first kappa shape index (κ1) is 16.0. The Bertz CT molecular complexity index is 674. The maximum absolute atomic E-state index is 12.2. The average Bonchev–Trinajstić information content (AvgIpc) is 3.23. The van der Waals surface area contributed by atoms with Crippen molar-refractivity contribution in [3.8, 4) is 0 Å². The Labute approximate surface area is 139 Å². The van der Waals surface area contributed by atoms with Crippen LogP contribution in [0.15, 0.2) is 41.4 Å². The van der Waals surface area contributed by atoms with Crippen molar-refractivity contribution in [1.82, 2.24) is 20.2 Å². The number of hydrogen-bond acceptors (Lipinski definition) is 6. The molecule has 8 nitrogen and oxygen atoms in total. The SMILES string of the molecule is O=C(NCCNc1cnccn1)C1CC(=O)N(Cc2ccco2)C1. The first-order valence-electron chi connectivity index (χ1n) is 7.80. The van der Waals surface area contributed by atoms with Gasteiger partial charge in [0.15, 0.2) is 0 Å². The Morgan fingerprint density at radius 3 is 3.04 bits per heavy atom. The zero-order valence-electron chi connectivity index (χ0n) is 13.1. The highest BCUT2D eigenvalue weighted by Gasteiger charge is 2.34. The van der Waals surface area contributed by atoms with E-state index in [-0.39, 0.29) is 24.2 Å². The Kier molecular flexibility index (Phi) is 5.05. The van der Waals surface area contributed by atoms with Gasteiger partial charge in [0.25, 0.3) is 0 Å². The number of furan rings is 1. The molecule has 1 aliphatic heterocycles. The lowest BCUT2D eigenvalue weighted by molar-refractivity contribution is -0.129. The van der Waals surface area contributed by atoms with Crippen LogP contribution in [-0.2, 0) is 16.1 Å². The molecule has 3 heterocycles. The fourth-order valence-corrected chi connectivity index (χ4v) is 2.60. The molecule has 24 heavy (non-hydrogen) atoms. The van der Waals surface area contributed by atoms with Gasteiger partial charge in [-0.3, -0.25) is 14.6 Å². The van der Waals surface area contributed by atoms with E-state index in [0.717, 1.165) is 5.76 Å². The van der Waals surface area contributed by atoms with Gasteiger partial charge in [0.1, 0.15) is 11.6 Å². The van der Waals surface area contributed by atoms with Crippen LogP contribution in [0, 0.1) is 5.92 Å². The molecule has 1 saturated heterocycles. The highest BCUT2D eigenvalue weighted by atomic mass is 16.3. The van der Waals surface area contributed by atoms with Crippen molar-refractivity contribution in [3.63, 3.8) is 0 Å². The minimum atomic E-state index is -0.316. The van der Waals surface area contributed by atoms with Gasteiger partial charge >= 0.3 is 0 Å². The van der Waals surface area contributed by atoms with Crippen molar-refractivity contribution in [1.29, 1.82) is 0 Å². The molecule has 126 valence electrons. The smallest absolute Gasteiger partial charge is 0.225 e. The number of nitrogens with one attached hydrogen (secondary N) is 2. The van der Waals surface area contributed by atoms with Crippen LogP contribution >= 0.6 is 0 Å². The van der Waals surface area contributed by atoms with Crippen molar-refractivity contribution in [2.24, 2.45) is 5.92 Å². The third-order valence-electron chi connectivity index (χ3n) is 3.81. The van der Waals surface area contributed by atoms with Crippen LogP contribution in [0.3, 0.4) is 0 Å². The predicted octanol–water partition coefficient (Wildman–Crippen LogP) is 0.646. The zero-order valence-corrected chi connectivity index (χ0v) is 13.1.